The lowest BCUT2D eigenvalue weighted by atomic mass is 9.98. The van der Waals surface area contributed by atoms with Crippen LogP contribution in [0.4, 0.5) is 0 Å². The number of aromatic hydroxyl groups is 2. The average molecular weight is 755 g/mol. The number of methoxy groups -OCH3 is 4. The van der Waals surface area contributed by atoms with Crippen LogP contribution in [0.15, 0.2) is 36.4 Å². The highest BCUT2D eigenvalue weighted by Crippen LogP contribution is 2.40. The van der Waals surface area contributed by atoms with E-state index >= 15 is 0 Å². The van der Waals surface area contributed by atoms with Gasteiger partial charge in [-0.05, 0) is 47.5 Å². The molecular formula is C34H42O19. The molecule has 2 aliphatic heterocycles. The minimum atomic E-state index is -2.51. The highest BCUT2D eigenvalue weighted by atomic mass is 16.8. The van der Waals surface area contributed by atoms with Crippen LogP contribution in [0, 0.1) is 0 Å². The normalized spacial score (nSPS) is 28.6. The number of esters is 2. The van der Waals surface area contributed by atoms with Gasteiger partial charge in [0.15, 0.2) is 35.4 Å². The first-order chi connectivity index (χ1) is 25.3. The number of benzene rings is 2. The first kappa shape index (κ1) is 41.1. The van der Waals surface area contributed by atoms with Crippen molar-refractivity contribution in [3.63, 3.8) is 0 Å². The van der Waals surface area contributed by atoms with Gasteiger partial charge in [-0.15, -0.1) is 0 Å². The van der Waals surface area contributed by atoms with Gasteiger partial charge in [0.2, 0.25) is 17.3 Å². The third-order valence-electron chi connectivity index (χ3n) is 8.32. The van der Waals surface area contributed by atoms with E-state index in [-0.39, 0.29) is 34.5 Å². The number of carbonyl (C=O) groups is 2. The predicted molar refractivity (Wildman–Crippen MR) is 177 cm³/mol. The fraction of sp³-hybridized carbons (Fsp3) is 0.471. The molecule has 0 aromatic heterocycles. The monoisotopic (exact) mass is 754 g/mol. The van der Waals surface area contributed by atoms with E-state index in [0.717, 1.165) is 12.2 Å². The summed E-state index contributed by atoms with van der Waals surface area (Å²) >= 11 is 0. The van der Waals surface area contributed by atoms with Gasteiger partial charge in [-0.2, -0.15) is 0 Å². The molecule has 0 aliphatic carbocycles. The molecule has 0 spiro atoms. The first-order valence-electron chi connectivity index (χ1n) is 15.8. The Bertz CT molecular complexity index is 1590. The van der Waals surface area contributed by atoms with Crippen LogP contribution >= 0.6 is 0 Å². The lowest BCUT2D eigenvalue weighted by Crippen LogP contribution is -2.63. The number of aliphatic hydroxyl groups excluding tert-OH is 6. The van der Waals surface area contributed by atoms with Gasteiger partial charge in [-0.3, -0.25) is 0 Å². The maximum atomic E-state index is 12.9. The molecular weight excluding hydrogens is 712 g/mol. The van der Waals surface area contributed by atoms with Crippen LogP contribution in [0.1, 0.15) is 11.1 Å². The van der Waals surface area contributed by atoms with Crippen LogP contribution < -0.4 is 18.9 Å². The summed E-state index contributed by atoms with van der Waals surface area (Å²) in [6.45, 7) is -2.69. The van der Waals surface area contributed by atoms with Crippen molar-refractivity contribution in [2.24, 2.45) is 0 Å². The molecule has 8 N–H and O–H groups in total. The number of phenols is 2. The van der Waals surface area contributed by atoms with Gasteiger partial charge in [0.1, 0.15) is 49.8 Å². The van der Waals surface area contributed by atoms with Crippen molar-refractivity contribution >= 4 is 24.1 Å². The van der Waals surface area contributed by atoms with Gasteiger partial charge in [-0.1, -0.05) is 0 Å². The summed E-state index contributed by atoms with van der Waals surface area (Å²) in [4.78, 5) is 25.5. The number of rotatable bonds is 15. The second-order valence-electron chi connectivity index (χ2n) is 11.6. The van der Waals surface area contributed by atoms with Crippen molar-refractivity contribution in [1.82, 2.24) is 0 Å². The Hall–Kier alpha value is -4.70. The average Bonchev–Trinajstić information content (AvgIpc) is 3.42. The fourth-order valence-corrected chi connectivity index (χ4v) is 5.49. The van der Waals surface area contributed by atoms with Crippen LogP contribution in [-0.2, 0) is 33.3 Å². The van der Waals surface area contributed by atoms with Gasteiger partial charge in [0.05, 0.1) is 35.0 Å². The van der Waals surface area contributed by atoms with Gasteiger partial charge >= 0.3 is 11.9 Å². The number of phenolic OH excluding ortho intramolecular Hbond substituents is 2. The summed E-state index contributed by atoms with van der Waals surface area (Å²) in [6, 6.07) is 5.60. The van der Waals surface area contributed by atoms with E-state index in [2.05, 4.69) is 0 Å². The van der Waals surface area contributed by atoms with Crippen molar-refractivity contribution in [1.29, 1.82) is 0 Å². The van der Waals surface area contributed by atoms with E-state index in [4.69, 9.17) is 42.6 Å². The van der Waals surface area contributed by atoms with E-state index in [1.165, 1.54) is 64.9 Å². The smallest absolute Gasteiger partial charge is 0.331 e. The Balaban J connectivity index is 1.48. The zero-order valence-corrected chi connectivity index (χ0v) is 28.9. The molecule has 2 heterocycles. The number of hydrogen-bond donors (Lipinski definition) is 8. The van der Waals surface area contributed by atoms with E-state index in [1.54, 1.807) is 0 Å². The largest absolute Gasteiger partial charge is 0.502 e. The number of ether oxygens (including phenoxy) is 9. The third-order valence-corrected chi connectivity index (χ3v) is 8.32. The second kappa shape index (κ2) is 17.9. The van der Waals surface area contributed by atoms with Gasteiger partial charge in [-0.25, -0.2) is 9.59 Å². The number of carbonyl (C=O) groups excluding carboxylic acids is 2. The van der Waals surface area contributed by atoms with Crippen molar-refractivity contribution < 1.29 is 93.1 Å². The molecule has 2 aliphatic rings. The summed E-state index contributed by atoms with van der Waals surface area (Å²) in [5, 5.41) is 83.3. The molecule has 292 valence electrons. The van der Waals surface area contributed by atoms with Crippen LogP contribution in [0.3, 0.4) is 0 Å². The number of aliphatic hydroxyl groups is 6. The predicted octanol–water partition coefficient (Wildman–Crippen LogP) is -1.42. The Morgan fingerprint density at radius 1 is 0.717 bits per heavy atom. The van der Waals surface area contributed by atoms with E-state index in [9.17, 15) is 50.4 Å². The van der Waals surface area contributed by atoms with Crippen LogP contribution in [0.5, 0.6) is 34.5 Å². The van der Waals surface area contributed by atoms with Crippen LogP contribution in [0.25, 0.3) is 12.2 Å². The second-order valence-corrected chi connectivity index (χ2v) is 11.6. The molecule has 0 saturated carbocycles. The molecule has 2 fully saturated rings. The molecule has 0 unspecified atom stereocenters. The summed E-state index contributed by atoms with van der Waals surface area (Å²) in [5.74, 6) is -4.86. The van der Waals surface area contributed by atoms with Crippen LogP contribution in [0.2, 0.25) is 0 Å². The molecule has 0 bridgehead atoms. The molecule has 0 amide bonds. The van der Waals surface area contributed by atoms with Crippen molar-refractivity contribution in [3.8, 4) is 34.5 Å². The lowest BCUT2D eigenvalue weighted by Gasteiger charge is -2.43. The summed E-state index contributed by atoms with van der Waals surface area (Å²) in [7, 11) is 5.26. The Morgan fingerprint density at radius 3 is 1.66 bits per heavy atom. The summed E-state index contributed by atoms with van der Waals surface area (Å²) in [5.41, 5.74) is 0.708. The van der Waals surface area contributed by atoms with Crippen molar-refractivity contribution in [3.05, 3.63) is 47.5 Å². The van der Waals surface area contributed by atoms with Gasteiger partial charge < -0.3 is 83.5 Å². The maximum Gasteiger partial charge on any atom is 0.331 e. The van der Waals surface area contributed by atoms with Crippen molar-refractivity contribution in [2.75, 3.05) is 48.3 Å². The Kier molecular flexibility index (Phi) is 13.9. The van der Waals surface area contributed by atoms with E-state index in [1.807, 2.05) is 0 Å². The van der Waals surface area contributed by atoms with Gasteiger partial charge in [0, 0.05) is 12.2 Å². The summed E-state index contributed by atoms with van der Waals surface area (Å²) < 4.78 is 47.8. The molecule has 2 aromatic carbocycles. The highest BCUT2D eigenvalue weighted by Gasteiger charge is 2.60. The lowest BCUT2D eigenvalue weighted by molar-refractivity contribution is -0.383. The molecule has 9 atom stereocenters. The molecule has 53 heavy (non-hydrogen) atoms. The molecule has 2 aromatic rings. The molecule has 0 radical (unpaired) electrons. The molecule has 19 heteroatoms. The molecule has 19 nitrogen and oxygen atoms in total. The van der Waals surface area contributed by atoms with E-state index in [0.29, 0.717) is 11.1 Å². The topological polar surface area (TPSA) is 279 Å². The first-order valence-corrected chi connectivity index (χ1v) is 15.8. The quantitative estimate of drug-likeness (QED) is 0.0765. The Morgan fingerprint density at radius 2 is 1.21 bits per heavy atom. The summed E-state index contributed by atoms with van der Waals surface area (Å²) in [6.07, 6.45) is -9.97. The standard InChI is InChI=1S/C34H42O19/c1-45-18-9-16(10-19(46-2)26(18)39)5-7-24(37)49-14-23-28(41)30(43)31(44)33(50-23)53-34(15-36)32(29(42)22(13-35)52-34)51-25(38)8-6-17-11-20(47-3)27(40)21(12-17)48-4/h5-12,22-23,28-33,35-36,39-44H,13-15H2,1-4H3/b7-5+,8-6+/t22-,23-,28-,29-,30+,31-,32+,33-,34+/m0/s1. The fourth-order valence-electron chi connectivity index (χ4n) is 5.49. The van der Waals surface area contributed by atoms with Crippen LogP contribution in [-0.4, -0.2) is 156 Å². The minimum absolute atomic E-state index is 0.0366. The number of hydrogen-bond acceptors (Lipinski definition) is 19. The maximum absolute atomic E-state index is 12.9. The molecule has 2 saturated heterocycles. The van der Waals surface area contributed by atoms with Gasteiger partial charge in [0.25, 0.3) is 0 Å². The Labute approximate surface area is 302 Å². The zero-order valence-electron chi connectivity index (χ0n) is 28.9. The van der Waals surface area contributed by atoms with E-state index < -0.39 is 86.6 Å². The SMILES string of the molecule is COc1cc(/C=C/C(=O)OC[C@@H]2O[C@@H](O[C@@]3(CO)O[C@@H](CO)[C@H](O)[C@H]3OC(=O)/C=C/c3cc(OC)c(O)c(OC)c3)[C@@H](O)[C@H](O)[C@H]2O)cc(OC)c1O. The zero-order chi connectivity index (χ0) is 39.0. The van der Waals surface area contributed by atoms with Crippen molar-refractivity contribution in [2.45, 2.75) is 54.8 Å². The highest BCUT2D eigenvalue weighted by molar-refractivity contribution is 5.88. The minimum Gasteiger partial charge on any atom is -0.502 e. The molecule has 4 rings (SSSR count). The third kappa shape index (κ3) is 9.10.